The van der Waals surface area contributed by atoms with E-state index < -0.39 is 0 Å². The molecule has 0 atom stereocenters. The summed E-state index contributed by atoms with van der Waals surface area (Å²) in [5.74, 6) is 0.288. The van der Waals surface area contributed by atoms with Crippen LogP contribution in [0, 0.1) is 6.92 Å². The summed E-state index contributed by atoms with van der Waals surface area (Å²) >= 11 is 5.16. The van der Waals surface area contributed by atoms with Gasteiger partial charge in [0, 0.05) is 5.69 Å². The maximum Gasteiger partial charge on any atom is 0.276 e. The van der Waals surface area contributed by atoms with Crippen molar-refractivity contribution in [2.75, 3.05) is 11.9 Å². The number of thiocarbonyl (C=S) groups is 1. The summed E-state index contributed by atoms with van der Waals surface area (Å²) in [6, 6.07) is 25.4. The Bertz CT molecular complexity index is 944. The fraction of sp³-hybridized carbons (Fsp3) is 0.0909. The zero-order chi connectivity index (χ0) is 19.8. The van der Waals surface area contributed by atoms with Gasteiger partial charge in [-0.25, -0.2) is 0 Å². The van der Waals surface area contributed by atoms with E-state index in [4.69, 9.17) is 17.0 Å². The van der Waals surface area contributed by atoms with Crippen molar-refractivity contribution in [3.05, 3.63) is 84.4 Å². The molecule has 142 valence electrons. The van der Waals surface area contributed by atoms with Crippen LogP contribution in [0.1, 0.15) is 5.56 Å². The molecule has 0 aliphatic carbocycles. The Balaban J connectivity index is 1.42. The Morgan fingerprint density at radius 3 is 2.32 bits per heavy atom. The van der Waals surface area contributed by atoms with Crippen LogP contribution < -0.4 is 20.9 Å². The Morgan fingerprint density at radius 2 is 1.61 bits per heavy atom. The third-order valence-corrected chi connectivity index (χ3v) is 4.13. The lowest BCUT2D eigenvalue weighted by atomic mass is 10.1. The minimum atomic E-state index is -0.333. The van der Waals surface area contributed by atoms with Crippen LogP contribution in [0.4, 0.5) is 5.69 Å². The van der Waals surface area contributed by atoms with Crippen LogP contribution in [-0.2, 0) is 4.79 Å². The monoisotopic (exact) mass is 391 g/mol. The summed E-state index contributed by atoms with van der Waals surface area (Å²) in [4.78, 5) is 11.9. The number of carbonyl (C=O) groups excluding carboxylic acids is 1. The molecule has 3 aromatic rings. The number of nitrogens with one attached hydrogen (secondary N) is 3. The van der Waals surface area contributed by atoms with Gasteiger partial charge in [0.1, 0.15) is 5.75 Å². The lowest BCUT2D eigenvalue weighted by Gasteiger charge is -2.12. The van der Waals surface area contributed by atoms with E-state index in [1.54, 1.807) is 0 Å². The second-order valence-corrected chi connectivity index (χ2v) is 6.58. The molecule has 3 aromatic carbocycles. The van der Waals surface area contributed by atoms with Crippen molar-refractivity contribution in [1.82, 2.24) is 10.9 Å². The fourth-order valence-corrected chi connectivity index (χ4v) is 2.74. The maximum atomic E-state index is 11.9. The number of hydrazine groups is 1. The number of carbonyl (C=O) groups is 1. The SMILES string of the molecule is Cc1cccc(NC(=S)NNC(=O)COc2ccc(-c3ccccc3)cc2)c1. The highest BCUT2D eigenvalue weighted by Gasteiger charge is 2.05. The molecule has 0 aromatic heterocycles. The standard InChI is InChI=1S/C22H21N3O2S/c1-16-6-5-9-19(14-16)23-22(28)25-24-21(26)15-27-20-12-10-18(11-13-20)17-7-3-2-4-8-17/h2-14H,15H2,1H3,(H,24,26)(H2,23,25,28). The van der Waals surface area contributed by atoms with Crippen LogP contribution in [0.5, 0.6) is 5.75 Å². The molecule has 0 saturated heterocycles. The Kier molecular flexibility index (Phi) is 6.59. The van der Waals surface area contributed by atoms with E-state index in [-0.39, 0.29) is 12.5 Å². The predicted octanol–water partition coefficient (Wildman–Crippen LogP) is 4.06. The molecule has 0 spiro atoms. The molecular formula is C22H21N3O2S. The summed E-state index contributed by atoms with van der Waals surface area (Å²) in [7, 11) is 0. The number of aryl methyl sites for hydroxylation is 1. The molecule has 0 fully saturated rings. The van der Waals surface area contributed by atoms with E-state index in [1.165, 1.54) is 0 Å². The molecule has 3 N–H and O–H groups in total. The van der Waals surface area contributed by atoms with Gasteiger partial charge < -0.3 is 10.1 Å². The van der Waals surface area contributed by atoms with Gasteiger partial charge in [-0.05, 0) is 60.1 Å². The molecule has 0 unspecified atom stereocenters. The van der Waals surface area contributed by atoms with Gasteiger partial charge >= 0.3 is 0 Å². The first kappa shape index (κ1) is 19.4. The second-order valence-electron chi connectivity index (χ2n) is 6.18. The summed E-state index contributed by atoms with van der Waals surface area (Å²) in [5.41, 5.74) is 9.35. The van der Waals surface area contributed by atoms with Crippen molar-refractivity contribution in [2.24, 2.45) is 0 Å². The van der Waals surface area contributed by atoms with Gasteiger partial charge in [0.15, 0.2) is 11.7 Å². The average Bonchev–Trinajstić information content (AvgIpc) is 2.72. The van der Waals surface area contributed by atoms with Gasteiger partial charge in [-0.2, -0.15) is 0 Å². The number of anilines is 1. The maximum absolute atomic E-state index is 11.9. The molecule has 0 saturated carbocycles. The third-order valence-electron chi connectivity index (χ3n) is 3.92. The molecule has 3 rings (SSSR count). The number of rotatable bonds is 5. The smallest absolute Gasteiger partial charge is 0.276 e. The van der Waals surface area contributed by atoms with Crippen molar-refractivity contribution in [1.29, 1.82) is 0 Å². The van der Waals surface area contributed by atoms with E-state index in [2.05, 4.69) is 16.2 Å². The topological polar surface area (TPSA) is 62.4 Å². The van der Waals surface area contributed by atoms with E-state index >= 15 is 0 Å². The Labute approximate surface area is 169 Å². The molecule has 6 heteroatoms. The lowest BCUT2D eigenvalue weighted by molar-refractivity contribution is -0.123. The largest absolute Gasteiger partial charge is 0.484 e. The highest BCUT2D eigenvalue weighted by Crippen LogP contribution is 2.21. The van der Waals surface area contributed by atoms with Crippen molar-refractivity contribution < 1.29 is 9.53 Å². The number of hydrogen-bond acceptors (Lipinski definition) is 3. The van der Waals surface area contributed by atoms with Crippen LogP contribution in [-0.4, -0.2) is 17.6 Å². The Hall–Kier alpha value is -3.38. The Morgan fingerprint density at radius 1 is 0.893 bits per heavy atom. The van der Waals surface area contributed by atoms with E-state index in [0.29, 0.717) is 10.9 Å². The van der Waals surface area contributed by atoms with E-state index in [9.17, 15) is 4.79 Å². The van der Waals surface area contributed by atoms with E-state index in [1.807, 2.05) is 85.8 Å². The summed E-state index contributed by atoms with van der Waals surface area (Å²) in [6.45, 7) is 1.87. The summed E-state index contributed by atoms with van der Waals surface area (Å²) < 4.78 is 5.51. The van der Waals surface area contributed by atoms with Gasteiger partial charge in [-0.1, -0.05) is 54.6 Å². The highest BCUT2D eigenvalue weighted by molar-refractivity contribution is 7.80. The van der Waals surface area contributed by atoms with Gasteiger partial charge in [-0.15, -0.1) is 0 Å². The van der Waals surface area contributed by atoms with Crippen molar-refractivity contribution in [3.63, 3.8) is 0 Å². The second kappa shape index (κ2) is 9.53. The minimum Gasteiger partial charge on any atom is -0.484 e. The number of amides is 1. The highest BCUT2D eigenvalue weighted by atomic mass is 32.1. The van der Waals surface area contributed by atoms with Crippen LogP contribution in [0.15, 0.2) is 78.9 Å². The van der Waals surface area contributed by atoms with Crippen molar-refractivity contribution in [2.45, 2.75) is 6.92 Å². The zero-order valence-corrected chi connectivity index (χ0v) is 16.3. The van der Waals surface area contributed by atoms with Gasteiger partial charge in [0.2, 0.25) is 0 Å². The molecule has 5 nitrogen and oxygen atoms in total. The molecule has 1 amide bonds. The number of ether oxygens (including phenoxy) is 1. The van der Waals surface area contributed by atoms with Crippen molar-refractivity contribution in [3.8, 4) is 16.9 Å². The fourth-order valence-electron chi connectivity index (χ4n) is 2.57. The molecule has 0 aliphatic rings. The van der Waals surface area contributed by atoms with Crippen molar-refractivity contribution >= 4 is 28.9 Å². The van der Waals surface area contributed by atoms with Crippen LogP contribution in [0.25, 0.3) is 11.1 Å². The average molecular weight is 391 g/mol. The minimum absolute atomic E-state index is 0.120. The molecule has 0 bridgehead atoms. The normalized spacial score (nSPS) is 10.0. The summed E-state index contributed by atoms with van der Waals surface area (Å²) in [6.07, 6.45) is 0. The number of hydrogen-bond donors (Lipinski definition) is 3. The van der Waals surface area contributed by atoms with Gasteiger partial charge in [0.25, 0.3) is 5.91 Å². The van der Waals surface area contributed by atoms with Crippen LogP contribution in [0.3, 0.4) is 0 Å². The van der Waals surface area contributed by atoms with Gasteiger partial charge in [0.05, 0.1) is 0 Å². The lowest BCUT2D eigenvalue weighted by Crippen LogP contribution is -2.45. The predicted molar refractivity (Wildman–Crippen MR) is 116 cm³/mol. The molecular weight excluding hydrogens is 370 g/mol. The zero-order valence-electron chi connectivity index (χ0n) is 15.4. The van der Waals surface area contributed by atoms with Crippen LogP contribution in [0.2, 0.25) is 0 Å². The molecule has 0 heterocycles. The van der Waals surface area contributed by atoms with Gasteiger partial charge in [-0.3, -0.25) is 15.6 Å². The third kappa shape index (κ3) is 5.82. The molecule has 0 radical (unpaired) electrons. The molecule has 28 heavy (non-hydrogen) atoms. The first-order chi connectivity index (χ1) is 13.6. The first-order valence-corrected chi connectivity index (χ1v) is 9.22. The quantitative estimate of drug-likeness (QED) is 0.452. The first-order valence-electron chi connectivity index (χ1n) is 8.81. The summed E-state index contributed by atoms with van der Waals surface area (Å²) in [5, 5.41) is 3.30. The number of benzene rings is 3. The van der Waals surface area contributed by atoms with Crippen LogP contribution >= 0.6 is 12.2 Å². The molecule has 0 aliphatic heterocycles. The van der Waals surface area contributed by atoms with E-state index in [0.717, 1.165) is 22.4 Å².